The normalized spacial score (nSPS) is 27.5. The van der Waals surface area contributed by atoms with Gasteiger partial charge in [-0.25, -0.2) is 0 Å². The van der Waals surface area contributed by atoms with Gasteiger partial charge in [-0.15, -0.1) is 0 Å². The number of nitrogens with zero attached hydrogens (tertiary/aromatic N) is 1. The monoisotopic (exact) mass is 253 g/mol. The number of nitrogens with two attached hydrogens (primary N) is 1. The maximum atomic E-state index is 12.5. The lowest BCUT2D eigenvalue weighted by atomic mass is 9.91. The maximum Gasteiger partial charge on any atom is 0.238 e. The van der Waals surface area contributed by atoms with E-state index in [1.165, 1.54) is 0 Å². The quantitative estimate of drug-likeness (QED) is 0.700. The van der Waals surface area contributed by atoms with Crippen LogP contribution in [0.4, 0.5) is 0 Å². The van der Waals surface area contributed by atoms with E-state index in [9.17, 15) is 9.59 Å². The van der Waals surface area contributed by atoms with E-state index in [0.717, 1.165) is 19.4 Å². The van der Waals surface area contributed by atoms with E-state index in [1.54, 1.807) is 7.05 Å². The molecule has 0 bridgehead atoms. The number of hydrogen-bond donors (Lipinski definition) is 2. The predicted molar refractivity (Wildman–Crippen MR) is 68.7 cm³/mol. The fraction of sp³-hybridized carbons (Fsp3) is 0.846. The zero-order valence-electron chi connectivity index (χ0n) is 11.2. The Morgan fingerprint density at radius 1 is 1.44 bits per heavy atom. The molecule has 2 amide bonds. The van der Waals surface area contributed by atoms with Gasteiger partial charge in [0.05, 0.1) is 0 Å². The van der Waals surface area contributed by atoms with E-state index in [-0.39, 0.29) is 17.9 Å². The summed E-state index contributed by atoms with van der Waals surface area (Å²) in [6, 6.07) is 0.107. The average molecular weight is 253 g/mol. The van der Waals surface area contributed by atoms with E-state index >= 15 is 0 Å². The zero-order valence-corrected chi connectivity index (χ0v) is 11.2. The highest BCUT2D eigenvalue weighted by molar-refractivity contribution is 6.07. The molecule has 0 aromatic carbocycles. The number of amides is 2. The molecule has 5 nitrogen and oxygen atoms in total. The average Bonchev–Trinajstić information content (AvgIpc) is 3.18. The molecule has 2 aliphatic rings. The Morgan fingerprint density at radius 3 is 2.61 bits per heavy atom. The summed E-state index contributed by atoms with van der Waals surface area (Å²) in [5, 5.41) is 2.61. The van der Waals surface area contributed by atoms with Crippen molar-refractivity contribution in [2.24, 2.45) is 17.1 Å². The van der Waals surface area contributed by atoms with Crippen molar-refractivity contribution in [3.05, 3.63) is 0 Å². The second-order valence-corrected chi connectivity index (χ2v) is 5.67. The molecular weight excluding hydrogens is 230 g/mol. The van der Waals surface area contributed by atoms with Crippen LogP contribution in [-0.2, 0) is 9.59 Å². The Kier molecular flexibility index (Phi) is 3.61. The Morgan fingerprint density at radius 2 is 2.11 bits per heavy atom. The van der Waals surface area contributed by atoms with Crippen molar-refractivity contribution in [2.75, 3.05) is 20.1 Å². The van der Waals surface area contributed by atoms with Crippen LogP contribution < -0.4 is 11.1 Å². The highest BCUT2D eigenvalue weighted by Crippen LogP contribution is 2.47. The number of nitrogens with one attached hydrogen (secondary N) is 1. The second kappa shape index (κ2) is 4.88. The van der Waals surface area contributed by atoms with Gasteiger partial charge in [-0.3, -0.25) is 9.59 Å². The number of likely N-dealkylation sites (tertiary alicyclic amines) is 1. The van der Waals surface area contributed by atoms with Crippen molar-refractivity contribution in [2.45, 2.75) is 38.6 Å². The Balaban J connectivity index is 2.03. The molecule has 0 aromatic heterocycles. The largest absolute Gasteiger partial charge is 0.358 e. The van der Waals surface area contributed by atoms with E-state index in [2.05, 4.69) is 5.32 Å². The Hall–Kier alpha value is -1.10. The summed E-state index contributed by atoms with van der Waals surface area (Å²) < 4.78 is 0. The van der Waals surface area contributed by atoms with E-state index in [1.807, 2.05) is 11.8 Å². The molecule has 0 spiro atoms. The predicted octanol–water partition coefficient (Wildman–Crippen LogP) is 0.0984. The molecule has 102 valence electrons. The van der Waals surface area contributed by atoms with Gasteiger partial charge in [0.15, 0.2) is 0 Å². The third kappa shape index (κ3) is 2.23. The summed E-state index contributed by atoms with van der Waals surface area (Å²) >= 11 is 0. The molecule has 0 unspecified atom stereocenters. The van der Waals surface area contributed by atoms with Crippen LogP contribution in [0.15, 0.2) is 0 Å². The first-order chi connectivity index (χ1) is 8.51. The van der Waals surface area contributed by atoms with Crippen molar-refractivity contribution in [3.63, 3.8) is 0 Å². The molecule has 1 saturated heterocycles. The number of hydrogen-bond acceptors (Lipinski definition) is 3. The van der Waals surface area contributed by atoms with E-state index in [4.69, 9.17) is 5.73 Å². The van der Waals surface area contributed by atoms with Gasteiger partial charge in [0.1, 0.15) is 5.41 Å². The summed E-state index contributed by atoms with van der Waals surface area (Å²) in [5.74, 6) is 0.241. The van der Waals surface area contributed by atoms with Crippen molar-refractivity contribution < 1.29 is 9.59 Å². The molecule has 5 heteroatoms. The van der Waals surface area contributed by atoms with Gasteiger partial charge in [0, 0.05) is 26.2 Å². The first-order valence-corrected chi connectivity index (χ1v) is 6.78. The third-order valence-electron chi connectivity index (χ3n) is 4.31. The van der Waals surface area contributed by atoms with Crippen LogP contribution >= 0.6 is 0 Å². The van der Waals surface area contributed by atoms with Gasteiger partial charge in [0.2, 0.25) is 11.8 Å². The molecule has 0 aromatic rings. The summed E-state index contributed by atoms with van der Waals surface area (Å²) in [5.41, 5.74) is 5.17. The molecular formula is C13H23N3O2. The van der Waals surface area contributed by atoms with Crippen LogP contribution in [0.25, 0.3) is 0 Å². The van der Waals surface area contributed by atoms with Gasteiger partial charge in [-0.1, -0.05) is 0 Å². The van der Waals surface area contributed by atoms with E-state index < -0.39 is 5.41 Å². The van der Waals surface area contributed by atoms with Gasteiger partial charge in [-0.05, 0) is 38.5 Å². The first kappa shape index (κ1) is 13.3. The molecule has 1 aliphatic carbocycles. The molecule has 1 saturated carbocycles. The van der Waals surface area contributed by atoms with E-state index in [0.29, 0.717) is 25.3 Å². The summed E-state index contributed by atoms with van der Waals surface area (Å²) in [6.07, 6.45) is 3.44. The smallest absolute Gasteiger partial charge is 0.238 e. The van der Waals surface area contributed by atoms with Crippen molar-refractivity contribution in [1.82, 2.24) is 10.2 Å². The molecule has 1 aliphatic heterocycles. The SMILES string of the molecule is CNC(=O)C1(C(=O)N2CCC[C@H]([C@H](C)N)C2)CC1. The van der Waals surface area contributed by atoms with Crippen LogP contribution in [0.2, 0.25) is 0 Å². The molecule has 2 atom stereocenters. The van der Waals surface area contributed by atoms with Crippen molar-refractivity contribution in [1.29, 1.82) is 0 Å². The first-order valence-electron chi connectivity index (χ1n) is 6.78. The molecule has 0 radical (unpaired) electrons. The van der Waals surface area contributed by atoms with Crippen molar-refractivity contribution >= 4 is 11.8 Å². The highest BCUT2D eigenvalue weighted by atomic mass is 16.2. The second-order valence-electron chi connectivity index (χ2n) is 5.67. The minimum absolute atomic E-state index is 0.00667. The number of rotatable bonds is 3. The molecule has 18 heavy (non-hydrogen) atoms. The highest BCUT2D eigenvalue weighted by Gasteiger charge is 2.57. The van der Waals surface area contributed by atoms with Crippen LogP contribution in [0.5, 0.6) is 0 Å². The van der Waals surface area contributed by atoms with Crippen molar-refractivity contribution in [3.8, 4) is 0 Å². The molecule has 2 fully saturated rings. The number of piperidine rings is 1. The maximum absolute atomic E-state index is 12.5. The topological polar surface area (TPSA) is 75.4 Å². The minimum atomic E-state index is -0.755. The van der Waals surface area contributed by atoms with Crippen LogP contribution in [-0.4, -0.2) is 42.9 Å². The fourth-order valence-electron chi connectivity index (χ4n) is 2.83. The minimum Gasteiger partial charge on any atom is -0.358 e. The summed E-state index contributed by atoms with van der Waals surface area (Å²) in [7, 11) is 1.59. The van der Waals surface area contributed by atoms with Gasteiger partial charge in [-0.2, -0.15) is 0 Å². The number of carbonyl (C=O) groups is 2. The summed E-state index contributed by atoms with van der Waals surface area (Å²) in [6.45, 7) is 3.46. The Bertz CT molecular complexity index is 350. The Labute approximate surface area is 108 Å². The van der Waals surface area contributed by atoms with Crippen LogP contribution in [0, 0.1) is 11.3 Å². The molecule has 2 rings (SSSR count). The van der Waals surface area contributed by atoms with Crippen LogP contribution in [0.1, 0.15) is 32.6 Å². The van der Waals surface area contributed by atoms with Gasteiger partial charge < -0.3 is 16.0 Å². The molecule has 1 heterocycles. The molecule has 3 N–H and O–H groups in total. The lowest BCUT2D eigenvalue weighted by molar-refractivity contribution is -0.145. The lowest BCUT2D eigenvalue weighted by Gasteiger charge is -2.36. The third-order valence-corrected chi connectivity index (χ3v) is 4.31. The van der Waals surface area contributed by atoms with Gasteiger partial charge in [0.25, 0.3) is 0 Å². The van der Waals surface area contributed by atoms with Gasteiger partial charge >= 0.3 is 0 Å². The number of carbonyl (C=O) groups excluding carboxylic acids is 2. The fourth-order valence-corrected chi connectivity index (χ4v) is 2.83. The standard InChI is InChI=1S/C13H23N3O2/c1-9(14)10-4-3-7-16(8-10)12(18)13(5-6-13)11(17)15-2/h9-10H,3-8,14H2,1-2H3,(H,15,17)/t9-,10-/m0/s1. The lowest BCUT2D eigenvalue weighted by Crippen LogP contribution is -2.50. The van der Waals surface area contributed by atoms with Crippen LogP contribution in [0.3, 0.4) is 0 Å². The zero-order chi connectivity index (χ0) is 13.3. The summed E-state index contributed by atoms with van der Waals surface area (Å²) in [4.78, 5) is 26.1.